The molecule has 4 N–H and O–H groups in total. The van der Waals surface area contributed by atoms with Crippen LogP contribution in [0.5, 0.6) is 0 Å². The van der Waals surface area contributed by atoms with Crippen LogP contribution in [0, 0.1) is 13.8 Å². The van der Waals surface area contributed by atoms with Crippen LogP contribution in [0.3, 0.4) is 0 Å². The van der Waals surface area contributed by atoms with Gasteiger partial charge in [-0.2, -0.15) is 13.2 Å². The van der Waals surface area contributed by atoms with Crippen molar-refractivity contribution < 1.29 is 27.6 Å². The summed E-state index contributed by atoms with van der Waals surface area (Å²) in [6.45, 7) is 7.08. The van der Waals surface area contributed by atoms with E-state index in [1.54, 1.807) is 6.92 Å². The maximum absolute atomic E-state index is 12.9. The van der Waals surface area contributed by atoms with Crippen molar-refractivity contribution in [3.63, 3.8) is 0 Å². The molecule has 0 spiro atoms. The minimum Gasteiger partial charge on any atom is -0.355 e. The van der Waals surface area contributed by atoms with Gasteiger partial charge in [-0.3, -0.25) is 14.4 Å². The first-order valence-electron chi connectivity index (χ1n) is 11.8. The van der Waals surface area contributed by atoms with Crippen LogP contribution >= 0.6 is 0 Å². The lowest BCUT2D eigenvalue weighted by molar-refractivity contribution is -0.137. The topological polar surface area (TPSA) is 99.3 Å². The molecular formula is C26H33F3N4O3. The Morgan fingerprint density at radius 3 is 2.42 bits per heavy atom. The van der Waals surface area contributed by atoms with Gasteiger partial charge in [0.25, 0.3) is 5.91 Å². The number of aryl methyl sites for hydroxylation is 2. The molecule has 0 fully saturated rings. The van der Waals surface area contributed by atoms with E-state index in [9.17, 15) is 27.6 Å². The fourth-order valence-corrected chi connectivity index (χ4v) is 3.61. The first-order valence-corrected chi connectivity index (χ1v) is 11.8. The third-order valence-corrected chi connectivity index (χ3v) is 5.52. The zero-order valence-electron chi connectivity index (χ0n) is 20.7. The van der Waals surface area contributed by atoms with Gasteiger partial charge in [-0.25, -0.2) is 0 Å². The van der Waals surface area contributed by atoms with E-state index in [2.05, 4.69) is 46.4 Å². The minimum absolute atomic E-state index is 0.215. The fraction of sp³-hybridized carbons (Fsp3) is 0.423. The number of nitrogens with one attached hydrogen (secondary N) is 4. The van der Waals surface area contributed by atoms with Crippen molar-refractivity contribution in [1.29, 1.82) is 0 Å². The zero-order chi connectivity index (χ0) is 26.7. The van der Waals surface area contributed by atoms with E-state index in [0.717, 1.165) is 18.2 Å². The van der Waals surface area contributed by atoms with Crippen LogP contribution in [0.25, 0.3) is 0 Å². The number of carbonyl (C=O) groups is 3. The predicted molar refractivity (Wildman–Crippen MR) is 131 cm³/mol. The number of benzene rings is 2. The highest BCUT2D eigenvalue weighted by Gasteiger charge is 2.31. The van der Waals surface area contributed by atoms with Crippen LogP contribution in [-0.4, -0.2) is 43.4 Å². The number of amides is 3. The average molecular weight is 507 g/mol. The summed E-state index contributed by atoms with van der Waals surface area (Å²) in [5, 5.41) is 10.9. The van der Waals surface area contributed by atoms with Crippen LogP contribution in [0.2, 0.25) is 0 Å². The smallest absolute Gasteiger partial charge is 0.355 e. The van der Waals surface area contributed by atoms with Gasteiger partial charge in [0.1, 0.15) is 6.04 Å². The van der Waals surface area contributed by atoms with Crippen molar-refractivity contribution in [2.75, 3.05) is 19.6 Å². The lowest BCUT2D eigenvalue weighted by Crippen LogP contribution is -2.49. The molecule has 0 saturated carbocycles. The summed E-state index contributed by atoms with van der Waals surface area (Å²) >= 11 is 0. The predicted octanol–water partition coefficient (Wildman–Crippen LogP) is 3.24. The van der Waals surface area contributed by atoms with Gasteiger partial charge in [0.2, 0.25) is 11.8 Å². The molecule has 2 rings (SSSR count). The Kier molecular flexibility index (Phi) is 10.9. The molecule has 36 heavy (non-hydrogen) atoms. The number of hydrogen-bond acceptors (Lipinski definition) is 4. The molecule has 0 aliphatic rings. The molecule has 3 amide bonds. The van der Waals surface area contributed by atoms with E-state index in [1.165, 1.54) is 22.8 Å². The van der Waals surface area contributed by atoms with E-state index in [-0.39, 0.29) is 11.5 Å². The van der Waals surface area contributed by atoms with E-state index in [4.69, 9.17) is 0 Å². The molecule has 0 aliphatic heterocycles. The molecule has 0 radical (unpaired) electrons. The van der Waals surface area contributed by atoms with Gasteiger partial charge in [-0.1, -0.05) is 29.8 Å². The summed E-state index contributed by atoms with van der Waals surface area (Å²) in [6, 6.07) is 9.36. The molecule has 0 aliphatic carbocycles. The Hall–Kier alpha value is -3.40. The maximum atomic E-state index is 12.9. The maximum Gasteiger partial charge on any atom is 0.416 e. The van der Waals surface area contributed by atoms with Gasteiger partial charge < -0.3 is 21.3 Å². The van der Waals surface area contributed by atoms with Gasteiger partial charge in [0.15, 0.2) is 0 Å². The van der Waals surface area contributed by atoms with Crippen LogP contribution < -0.4 is 21.3 Å². The molecule has 2 aromatic carbocycles. The number of likely N-dealkylation sites (N-methyl/N-ethyl adjacent to an activating group) is 1. The monoisotopic (exact) mass is 506 g/mol. The lowest BCUT2D eigenvalue weighted by atomic mass is 10.1. The van der Waals surface area contributed by atoms with Crippen LogP contribution in [0.1, 0.15) is 52.4 Å². The second-order valence-corrected chi connectivity index (χ2v) is 8.52. The summed E-state index contributed by atoms with van der Waals surface area (Å²) < 4.78 is 38.6. The van der Waals surface area contributed by atoms with Crippen LogP contribution in [-0.2, 0) is 22.3 Å². The first-order chi connectivity index (χ1) is 17.0. The number of rotatable bonds is 12. The highest BCUT2D eigenvalue weighted by Crippen LogP contribution is 2.29. The Labute approximate surface area is 209 Å². The second kappa shape index (κ2) is 13.6. The second-order valence-electron chi connectivity index (χ2n) is 8.52. The summed E-state index contributed by atoms with van der Waals surface area (Å²) in [5.41, 5.74) is 2.41. The Morgan fingerprint density at radius 1 is 1.00 bits per heavy atom. The van der Waals surface area contributed by atoms with Crippen LogP contribution in [0.15, 0.2) is 42.5 Å². The normalized spacial score (nSPS) is 12.1. The molecule has 0 heterocycles. The third-order valence-electron chi connectivity index (χ3n) is 5.52. The Balaban J connectivity index is 1.84. The SMILES string of the molecule is CCNC(=O)[C@H](CCCNCc1ccc(C)cc1C)NC(=O)CNC(=O)c1cccc(C(F)(F)F)c1. The number of hydrogen-bond donors (Lipinski definition) is 4. The summed E-state index contributed by atoms with van der Waals surface area (Å²) in [7, 11) is 0. The molecule has 1 atom stereocenters. The lowest BCUT2D eigenvalue weighted by Gasteiger charge is -2.18. The molecule has 7 nitrogen and oxygen atoms in total. The zero-order valence-corrected chi connectivity index (χ0v) is 20.7. The number of carbonyl (C=O) groups excluding carboxylic acids is 3. The van der Waals surface area contributed by atoms with Gasteiger partial charge in [0, 0.05) is 18.7 Å². The van der Waals surface area contributed by atoms with Gasteiger partial charge in [-0.05, 0) is 69.5 Å². The van der Waals surface area contributed by atoms with E-state index < -0.39 is 36.1 Å². The van der Waals surface area contributed by atoms with Crippen LogP contribution in [0.4, 0.5) is 13.2 Å². The standard InChI is InChI=1S/C26H33F3N4O3/c1-4-31-25(36)22(9-6-12-30-15-20-11-10-17(2)13-18(20)3)33-23(34)16-32-24(35)19-7-5-8-21(14-19)26(27,28)29/h5,7-8,10-11,13-14,22,30H,4,6,9,12,15-16H2,1-3H3,(H,31,36)(H,32,35)(H,33,34)/t22-/m0/s1. The Bertz CT molecular complexity index is 1060. The highest BCUT2D eigenvalue weighted by atomic mass is 19.4. The van der Waals surface area contributed by atoms with Crippen molar-refractivity contribution in [1.82, 2.24) is 21.3 Å². The quantitative estimate of drug-likeness (QED) is 0.332. The average Bonchev–Trinajstić information content (AvgIpc) is 2.82. The number of alkyl halides is 3. The summed E-state index contributed by atoms with van der Waals surface area (Å²) in [6.07, 6.45) is -3.59. The van der Waals surface area contributed by atoms with Crippen molar-refractivity contribution in [3.05, 3.63) is 70.3 Å². The van der Waals surface area contributed by atoms with Crippen molar-refractivity contribution >= 4 is 17.7 Å². The summed E-state index contributed by atoms with van der Waals surface area (Å²) in [5.74, 6) is -1.78. The molecule has 0 bridgehead atoms. The minimum atomic E-state index is -4.58. The highest BCUT2D eigenvalue weighted by molar-refractivity contribution is 5.97. The molecule has 2 aromatic rings. The molecule has 0 saturated heterocycles. The van der Waals surface area contributed by atoms with Crippen molar-refractivity contribution in [3.8, 4) is 0 Å². The van der Waals surface area contributed by atoms with Gasteiger partial charge in [-0.15, -0.1) is 0 Å². The van der Waals surface area contributed by atoms with E-state index in [1.807, 2.05) is 6.92 Å². The van der Waals surface area contributed by atoms with Gasteiger partial charge >= 0.3 is 6.18 Å². The molecule has 0 aromatic heterocycles. The van der Waals surface area contributed by atoms with Crippen molar-refractivity contribution in [2.45, 2.75) is 52.4 Å². The number of halogens is 3. The summed E-state index contributed by atoms with van der Waals surface area (Å²) in [4.78, 5) is 37.0. The van der Waals surface area contributed by atoms with Gasteiger partial charge in [0.05, 0.1) is 12.1 Å². The molecule has 196 valence electrons. The molecule has 10 heteroatoms. The Morgan fingerprint density at radius 2 is 1.75 bits per heavy atom. The third kappa shape index (κ3) is 9.33. The van der Waals surface area contributed by atoms with Crippen molar-refractivity contribution in [2.24, 2.45) is 0 Å². The largest absolute Gasteiger partial charge is 0.416 e. The fourth-order valence-electron chi connectivity index (χ4n) is 3.61. The van der Waals surface area contributed by atoms with E-state index in [0.29, 0.717) is 32.5 Å². The molecular weight excluding hydrogens is 473 g/mol. The van der Waals surface area contributed by atoms with E-state index >= 15 is 0 Å². The first kappa shape index (κ1) is 28.8. The molecule has 0 unspecified atom stereocenters.